The van der Waals surface area contributed by atoms with Crippen LogP contribution < -0.4 is 10.6 Å². The summed E-state index contributed by atoms with van der Waals surface area (Å²) in [6.45, 7) is 3.38. The van der Waals surface area contributed by atoms with Crippen molar-refractivity contribution in [2.24, 2.45) is 5.92 Å². The molecule has 2 saturated carbocycles. The summed E-state index contributed by atoms with van der Waals surface area (Å²) >= 11 is 0. The number of carbonyl (C=O) groups is 1. The molecule has 2 amide bonds. The largest absolute Gasteiger partial charge is 0.379 e. The average Bonchev–Trinajstić information content (AvgIpc) is 3.18. The first-order valence-corrected chi connectivity index (χ1v) is 8.57. The normalized spacial score (nSPS) is 33.9. The Balaban J connectivity index is 1.39. The van der Waals surface area contributed by atoms with E-state index in [2.05, 4.69) is 15.5 Å². The van der Waals surface area contributed by atoms with Crippen LogP contribution in [0.15, 0.2) is 0 Å². The highest BCUT2D eigenvalue weighted by atomic mass is 16.5. The van der Waals surface area contributed by atoms with E-state index in [-0.39, 0.29) is 18.2 Å². The van der Waals surface area contributed by atoms with Gasteiger partial charge in [-0.2, -0.15) is 0 Å². The summed E-state index contributed by atoms with van der Waals surface area (Å²) in [4.78, 5) is 14.7. The summed E-state index contributed by atoms with van der Waals surface area (Å²) in [6.07, 6.45) is 8.53. The van der Waals surface area contributed by atoms with Crippen molar-refractivity contribution >= 4 is 6.03 Å². The topological polar surface area (TPSA) is 53.6 Å². The SMILES string of the molecule is CO[C@@H]1CCCC[C@@H]1NC(=O)N[C@@H]1CCN(CC2CC2)C1. The number of likely N-dealkylation sites (tertiary alicyclic amines) is 1. The van der Waals surface area contributed by atoms with Crippen LogP contribution in [0.1, 0.15) is 44.9 Å². The summed E-state index contributed by atoms with van der Waals surface area (Å²) in [5, 5.41) is 6.27. The molecule has 120 valence electrons. The lowest BCUT2D eigenvalue weighted by Crippen LogP contribution is -2.52. The Hall–Kier alpha value is -0.810. The number of ether oxygens (including phenoxy) is 1. The first-order valence-electron chi connectivity index (χ1n) is 8.57. The van der Waals surface area contributed by atoms with Gasteiger partial charge in [0.15, 0.2) is 0 Å². The molecule has 3 atom stereocenters. The fourth-order valence-corrected chi connectivity index (χ4v) is 3.72. The van der Waals surface area contributed by atoms with Gasteiger partial charge in [0.25, 0.3) is 0 Å². The van der Waals surface area contributed by atoms with Crippen molar-refractivity contribution in [2.75, 3.05) is 26.7 Å². The first kappa shape index (κ1) is 15.1. The zero-order valence-electron chi connectivity index (χ0n) is 13.1. The van der Waals surface area contributed by atoms with Gasteiger partial charge in [-0.05, 0) is 38.0 Å². The summed E-state index contributed by atoms with van der Waals surface area (Å²) in [5.41, 5.74) is 0. The number of amides is 2. The van der Waals surface area contributed by atoms with Gasteiger partial charge in [0, 0.05) is 32.8 Å². The monoisotopic (exact) mass is 295 g/mol. The summed E-state index contributed by atoms with van der Waals surface area (Å²) in [5.74, 6) is 0.933. The number of nitrogens with zero attached hydrogens (tertiary/aromatic N) is 1. The van der Waals surface area contributed by atoms with Crippen molar-refractivity contribution in [1.82, 2.24) is 15.5 Å². The molecular formula is C16H29N3O2. The Kier molecular flexibility index (Phi) is 5.01. The third-order valence-electron chi connectivity index (χ3n) is 5.14. The van der Waals surface area contributed by atoms with E-state index in [1.54, 1.807) is 7.11 Å². The molecule has 2 N–H and O–H groups in total. The molecule has 0 aromatic heterocycles. The minimum absolute atomic E-state index is 0.0118. The van der Waals surface area contributed by atoms with E-state index >= 15 is 0 Å². The molecule has 3 rings (SSSR count). The van der Waals surface area contributed by atoms with Crippen molar-refractivity contribution in [1.29, 1.82) is 0 Å². The van der Waals surface area contributed by atoms with Gasteiger partial charge in [0.2, 0.25) is 0 Å². The van der Waals surface area contributed by atoms with E-state index in [0.717, 1.165) is 38.3 Å². The molecule has 0 aromatic rings. The van der Waals surface area contributed by atoms with Gasteiger partial charge in [-0.1, -0.05) is 12.8 Å². The van der Waals surface area contributed by atoms with Crippen molar-refractivity contribution in [3.05, 3.63) is 0 Å². The number of nitrogens with one attached hydrogen (secondary N) is 2. The number of hydrogen-bond acceptors (Lipinski definition) is 3. The van der Waals surface area contributed by atoms with E-state index in [9.17, 15) is 4.79 Å². The summed E-state index contributed by atoms with van der Waals surface area (Å²) < 4.78 is 5.49. The van der Waals surface area contributed by atoms with Crippen LogP contribution in [0.5, 0.6) is 0 Å². The maximum atomic E-state index is 12.2. The standard InChI is InChI=1S/C16H29N3O2/c1-21-15-5-3-2-4-14(15)18-16(20)17-13-8-9-19(11-13)10-12-6-7-12/h12-15H,2-11H2,1H3,(H2,17,18,20)/t13-,14+,15-/m1/s1. The quantitative estimate of drug-likeness (QED) is 0.812. The van der Waals surface area contributed by atoms with Gasteiger partial charge >= 0.3 is 6.03 Å². The lowest BCUT2D eigenvalue weighted by atomic mass is 9.92. The van der Waals surface area contributed by atoms with Gasteiger partial charge in [0.1, 0.15) is 0 Å². The van der Waals surface area contributed by atoms with Crippen LogP contribution in [0.25, 0.3) is 0 Å². The van der Waals surface area contributed by atoms with Gasteiger partial charge < -0.3 is 20.3 Å². The second kappa shape index (κ2) is 6.97. The third-order valence-corrected chi connectivity index (χ3v) is 5.14. The first-order chi connectivity index (χ1) is 10.2. The second-order valence-corrected chi connectivity index (χ2v) is 6.97. The van der Waals surface area contributed by atoms with E-state index in [4.69, 9.17) is 4.74 Å². The van der Waals surface area contributed by atoms with Crippen molar-refractivity contribution in [2.45, 2.75) is 63.1 Å². The molecule has 3 aliphatic rings. The smallest absolute Gasteiger partial charge is 0.315 e. The molecule has 0 spiro atoms. The lowest BCUT2D eigenvalue weighted by Gasteiger charge is -2.31. The van der Waals surface area contributed by atoms with Crippen LogP contribution in [0, 0.1) is 5.92 Å². The number of carbonyl (C=O) groups excluding carboxylic acids is 1. The van der Waals surface area contributed by atoms with Crippen LogP contribution >= 0.6 is 0 Å². The highest BCUT2D eigenvalue weighted by Gasteiger charge is 2.31. The van der Waals surface area contributed by atoms with Crippen molar-refractivity contribution in [3.63, 3.8) is 0 Å². The Bertz CT molecular complexity index is 359. The number of urea groups is 1. The fraction of sp³-hybridized carbons (Fsp3) is 0.938. The molecule has 1 saturated heterocycles. The van der Waals surface area contributed by atoms with E-state index < -0.39 is 0 Å². The fourth-order valence-electron chi connectivity index (χ4n) is 3.72. The zero-order valence-corrected chi connectivity index (χ0v) is 13.1. The minimum atomic E-state index is -0.0118. The molecular weight excluding hydrogens is 266 g/mol. The Morgan fingerprint density at radius 2 is 1.95 bits per heavy atom. The second-order valence-electron chi connectivity index (χ2n) is 6.97. The maximum absolute atomic E-state index is 12.2. The molecule has 0 bridgehead atoms. The predicted octanol–water partition coefficient (Wildman–Crippen LogP) is 1.73. The molecule has 0 unspecified atom stereocenters. The molecule has 21 heavy (non-hydrogen) atoms. The molecule has 1 aliphatic heterocycles. The molecule has 3 fully saturated rings. The molecule has 0 aromatic carbocycles. The summed E-state index contributed by atoms with van der Waals surface area (Å²) in [7, 11) is 1.75. The van der Waals surface area contributed by atoms with E-state index in [1.807, 2.05) is 0 Å². The van der Waals surface area contributed by atoms with Crippen LogP contribution in [0.2, 0.25) is 0 Å². The van der Waals surface area contributed by atoms with Crippen molar-refractivity contribution < 1.29 is 9.53 Å². The number of hydrogen-bond donors (Lipinski definition) is 2. The lowest BCUT2D eigenvalue weighted by molar-refractivity contribution is 0.0451. The Morgan fingerprint density at radius 3 is 2.71 bits per heavy atom. The molecule has 2 aliphatic carbocycles. The summed E-state index contributed by atoms with van der Waals surface area (Å²) in [6, 6.07) is 0.475. The highest BCUT2D eigenvalue weighted by Crippen LogP contribution is 2.30. The number of methoxy groups -OCH3 is 1. The highest BCUT2D eigenvalue weighted by molar-refractivity contribution is 5.74. The Morgan fingerprint density at radius 1 is 1.14 bits per heavy atom. The zero-order chi connectivity index (χ0) is 14.7. The number of rotatable bonds is 5. The van der Waals surface area contributed by atoms with Crippen LogP contribution in [0.3, 0.4) is 0 Å². The third kappa shape index (κ3) is 4.33. The van der Waals surface area contributed by atoms with Crippen molar-refractivity contribution in [3.8, 4) is 0 Å². The molecule has 5 nitrogen and oxygen atoms in total. The maximum Gasteiger partial charge on any atom is 0.315 e. The van der Waals surface area contributed by atoms with Gasteiger partial charge in [-0.25, -0.2) is 4.79 Å². The predicted molar refractivity (Wildman–Crippen MR) is 82.3 cm³/mol. The van der Waals surface area contributed by atoms with E-state index in [1.165, 1.54) is 32.2 Å². The van der Waals surface area contributed by atoms with Gasteiger partial charge in [-0.3, -0.25) is 0 Å². The molecule has 0 radical (unpaired) electrons. The van der Waals surface area contributed by atoms with Crippen LogP contribution in [0.4, 0.5) is 4.79 Å². The molecule has 1 heterocycles. The minimum Gasteiger partial charge on any atom is -0.379 e. The van der Waals surface area contributed by atoms with Gasteiger partial charge in [0.05, 0.1) is 12.1 Å². The van der Waals surface area contributed by atoms with Gasteiger partial charge in [-0.15, -0.1) is 0 Å². The molecule has 5 heteroatoms. The van der Waals surface area contributed by atoms with E-state index in [0.29, 0.717) is 6.04 Å². The Labute approximate surface area is 127 Å². The van der Waals surface area contributed by atoms with Crippen LogP contribution in [-0.2, 0) is 4.74 Å². The average molecular weight is 295 g/mol. The van der Waals surface area contributed by atoms with Crippen LogP contribution in [-0.4, -0.2) is 55.9 Å².